The van der Waals surface area contributed by atoms with Gasteiger partial charge in [0.1, 0.15) is 17.2 Å². The summed E-state index contributed by atoms with van der Waals surface area (Å²) in [6.45, 7) is 0.572. The molecule has 146 valence electrons. The standard InChI is InChI=1S/C22H21BrO5/c1-26-19-13-18(14-3-7-16(24)8-4-14)22(27-2)21(25)20(19)15-5-9-17(10-6-15)28-12-11-23/h3-10,13,24-25H,11-12H2,1-2H3. The summed E-state index contributed by atoms with van der Waals surface area (Å²) in [6.07, 6.45) is 0. The first-order valence-corrected chi connectivity index (χ1v) is 9.77. The lowest BCUT2D eigenvalue weighted by Crippen LogP contribution is -1.98. The van der Waals surface area contributed by atoms with Gasteiger partial charge in [0.2, 0.25) is 0 Å². The molecule has 0 amide bonds. The first-order chi connectivity index (χ1) is 13.6. The van der Waals surface area contributed by atoms with Gasteiger partial charge in [-0.2, -0.15) is 0 Å². The van der Waals surface area contributed by atoms with Crippen LogP contribution in [0.1, 0.15) is 0 Å². The highest BCUT2D eigenvalue weighted by Gasteiger charge is 2.21. The van der Waals surface area contributed by atoms with Crippen LogP contribution in [-0.4, -0.2) is 36.4 Å². The van der Waals surface area contributed by atoms with E-state index < -0.39 is 0 Å². The first-order valence-electron chi connectivity index (χ1n) is 8.65. The molecule has 0 aliphatic carbocycles. The Morgan fingerprint density at radius 3 is 2.07 bits per heavy atom. The van der Waals surface area contributed by atoms with Gasteiger partial charge in [0.25, 0.3) is 0 Å². The molecule has 3 aromatic carbocycles. The van der Waals surface area contributed by atoms with Crippen LogP contribution in [0.25, 0.3) is 22.3 Å². The number of phenols is 2. The van der Waals surface area contributed by atoms with Crippen LogP contribution < -0.4 is 14.2 Å². The minimum absolute atomic E-state index is 0.0148. The monoisotopic (exact) mass is 444 g/mol. The van der Waals surface area contributed by atoms with Crippen molar-refractivity contribution >= 4 is 15.9 Å². The van der Waals surface area contributed by atoms with Crippen molar-refractivity contribution in [3.63, 3.8) is 0 Å². The number of halogens is 1. The van der Waals surface area contributed by atoms with Gasteiger partial charge in [-0.25, -0.2) is 0 Å². The second kappa shape index (κ2) is 8.89. The van der Waals surface area contributed by atoms with Crippen molar-refractivity contribution in [1.29, 1.82) is 0 Å². The van der Waals surface area contributed by atoms with Crippen LogP contribution in [0.5, 0.6) is 28.7 Å². The number of hydrogen-bond acceptors (Lipinski definition) is 5. The summed E-state index contributed by atoms with van der Waals surface area (Å²) < 4.78 is 16.6. The predicted molar refractivity (Wildman–Crippen MR) is 113 cm³/mol. The highest BCUT2D eigenvalue weighted by Crippen LogP contribution is 2.49. The van der Waals surface area contributed by atoms with Crippen molar-refractivity contribution in [3.8, 4) is 51.0 Å². The minimum Gasteiger partial charge on any atom is -0.508 e. The topological polar surface area (TPSA) is 68.2 Å². The molecule has 0 fully saturated rings. The van der Waals surface area contributed by atoms with Crippen LogP contribution in [0, 0.1) is 0 Å². The Kier molecular flexibility index (Phi) is 6.31. The fraction of sp³-hybridized carbons (Fsp3) is 0.182. The molecule has 0 saturated carbocycles. The van der Waals surface area contributed by atoms with E-state index in [4.69, 9.17) is 14.2 Å². The number of benzene rings is 3. The fourth-order valence-corrected chi connectivity index (χ4v) is 3.16. The highest BCUT2D eigenvalue weighted by atomic mass is 79.9. The van der Waals surface area contributed by atoms with Crippen LogP contribution in [0.2, 0.25) is 0 Å². The minimum atomic E-state index is -0.0148. The van der Waals surface area contributed by atoms with Crippen molar-refractivity contribution in [3.05, 3.63) is 54.6 Å². The second-order valence-corrected chi connectivity index (χ2v) is 6.78. The highest BCUT2D eigenvalue weighted by molar-refractivity contribution is 9.09. The summed E-state index contributed by atoms with van der Waals surface area (Å²) in [4.78, 5) is 0. The quantitative estimate of drug-likeness (QED) is 0.488. The van der Waals surface area contributed by atoms with Crippen molar-refractivity contribution in [2.45, 2.75) is 0 Å². The molecule has 28 heavy (non-hydrogen) atoms. The number of hydrogen-bond donors (Lipinski definition) is 2. The van der Waals surface area contributed by atoms with Crippen LogP contribution in [0.3, 0.4) is 0 Å². The van der Waals surface area contributed by atoms with Gasteiger partial charge >= 0.3 is 0 Å². The second-order valence-electron chi connectivity index (χ2n) is 5.99. The zero-order chi connectivity index (χ0) is 20.1. The Morgan fingerprint density at radius 1 is 0.857 bits per heavy atom. The van der Waals surface area contributed by atoms with E-state index in [-0.39, 0.29) is 11.5 Å². The molecule has 0 aliphatic rings. The Bertz CT molecular complexity index is 937. The normalized spacial score (nSPS) is 10.5. The van der Waals surface area contributed by atoms with Gasteiger partial charge < -0.3 is 24.4 Å². The van der Waals surface area contributed by atoms with Crippen molar-refractivity contribution in [1.82, 2.24) is 0 Å². The zero-order valence-electron chi connectivity index (χ0n) is 15.6. The first kappa shape index (κ1) is 19.9. The number of alkyl halides is 1. The van der Waals surface area contributed by atoms with E-state index in [1.165, 1.54) is 7.11 Å². The number of aromatic hydroxyl groups is 2. The molecule has 0 bridgehead atoms. The van der Waals surface area contributed by atoms with Gasteiger partial charge in [0.05, 0.1) is 26.4 Å². The summed E-state index contributed by atoms with van der Waals surface area (Å²) >= 11 is 3.33. The van der Waals surface area contributed by atoms with E-state index in [9.17, 15) is 10.2 Å². The Labute approximate surface area is 172 Å². The van der Waals surface area contributed by atoms with E-state index in [1.54, 1.807) is 31.4 Å². The molecule has 3 rings (SSSR count). The third kappa shape index (κ3) is 4.02. The largest absolute Gasteiger partial charge is 0.508 e. The number of methoxy groups -OCH3 is 2. The summed E-state index contributed by atoms with van der Waals surface area (Å²) in [6, 6.07) is 15.9. The van der Waals surface area contributed by atoms with Crippen LogP contribution in [0.4, 0.5) is 0 Å². The average molecular weight is 445 g/mol. The summed E-state index contributed by atoms with van der Waals surface area (Å²) in [5, 5.41) is 21.3. The van der Waals surface area contributed by atoms with Crippen molar-refractivity contribution in [2.75, 3.05) is 26.2 Å². The molecule has 0 atom stereocenters. The maximum absolute atomic E-state index is 11.0. The lowest BCUT2D eigenvalue weighted by molar-refractivity contribution is 0.345. The lowest BCUT2D eigenvalue weighted by atomic mass is 9.96. The lowest BCUT2D eigenvalue weighted by Gasteiger charge is -2.18. The molecule has 0 aliphatic heterocycles. The molecular formula is C22H21BrO5. The zero-order valence-corrected chi connectivity index (χ0v) is 17.2. The van der Waals surface area contributed by atoms with Crippen LogP contribution in [0.15, 0.2) is 54.6 Å². The van der Waals surface area contributed by atoms with Gasteiger partial charge in [0, 0.05) is 10.9 Å². The van der Waals surface area contributed by atoms with E-state index >= 15 is 0 Å². The summed E-state index contributed by atoms with van der Waals surface area (Å²) in [7, 11) is 3.06. The molecule has 0 aromatic heterocycles. The Hall–Kier alpha value is -2.86. The predicted octanol–water partition coefficient (Wildman–Crippen LogP) is 5.22. The molecule has 6 heteroatoms. The fourth-order valence-electron chi connectivity index (χ4n) is 3.00. The Balaban J connectivity index is 2.10. The van der Waals surface area contributed by atoms with Crippen molar-refractivity contribution < 1.29 is 24.4 Å². The SMILES string of the molecule is COc1cc(-c2ccc(O)cc2)c(OC)c(O)c1-c1ccc(OCCBr)cc1. The van der Waals surface area contributed by atoms with E-state index in [1.807, 2.05) is 30.3 Å². The smallest absolute Gasteiger partial charge is 0.170 e. The number of rotatable bonds is 7. The Morgan fingerprint density at radius 2 is 1.50 bits per heavy atom. The van der Waals surface area contributed by atoms with Crippen LogP contribution in [-0.2, 0) is 0 Å². The molecule has 0 heterocycles. The molecule has 0 unspecified atom stereocenters. The third-order valence-electron chi connectivity index (χ3n) is 4.31. The summed E-state index contributed by atoms with van der Waals surface area (Å²) in [5.74, 6) is 1.74. The van der Waals surface area contributed by atoms with Gasteiger partial charge in [-0.15, -0.1) is 0 Å². The van der Waals surface area contributed by atoms with Gasteiger partial charge in [-0.1, -0.05) is 40.2 Å². The molecule has 2 N–H and O–H groups in total. The molecule has 0 radical (unpaired) electrons. The van der Waals surface area contributed by atoms with E-state index in [2.05, 4.69) is 15.9 Å². The molecular weight excluding hydrogens is 424 g/mol. The number of ether oxygens (including phenoxy) is 3. The van der Waals surface area contributed by atoms with E-state index in [0.29, 0.717) is 29.2 Å². The molecule has 0 saturated heterocycles. The maximum Gasteiger partial charge on any atom is 0.170 e. The van der Waals surface area contributed by atoms with Crippen LogP contribution >= 0.6 is 15.9 Å². The van der Waals surface area contributed by atoms with Gasteiger partial charge in [-0.3, -0.25) is 0 Å². The van der Waals surface area contributed by atoms with Crippen molar-refractivity contribution in [2.24, 2.45) is 0 Å². The number of phenolic OH excluding ortho intramolecular Hbond substituents is 2. The maximum atomic E-state index is 11.0. The van der Waals surface area contributed by atoms with Gasteiger partial charge in [-0.05, 0) is 41.5 Å². The van der Waals surface area contributed by atoms with Gasteiger partial charge in [0.15, 0.2) is 11.5 Å². The molecule has 5 nitrogen and oxygen atoms in total. The summed E-state index contributed by atoms with van der Waals surface area (Å²) in [5.41, 5.74) is 2.76. The molecule has 3 aromatic rings. The third-order valence-corrected chi connectivity index (χ3v) is 4.63. The van der Waals surface area contributed by atoms with E-state index in [0.717, 1.165) is 22.2 Å². The molecule has 0 spiro atoms. The average Bonchev–Trinajstić information content (AvgIpc) is 2.72.